The van der Waals surface area contributed by atoms with Crippen molar-refractivity contribution in [2.24, 2.45) is 4.99 Å². The number of benzene rings is 2. The zero-order chi connectivity index (χ0) is 20.6. The third-order valence-electron chi connectivity index (χ3n) is 3.80. The molecule has 6 nitrogen and oxygen atoms in total. The van der Waals surface area contributed by atoms with Gasteiger partial charge in [0.05, 0.1) is 33.4 Å². The SMILES string of the molecule is C[N+](C)(C)CCC([O-])=Nc1ccc(OCC([OH2+])COc2ccc(F)cc2)cc1. The van der Waals surface area contributed by atoms with Gasteiger partial charge in [0.1, 0.15) is 17.3 Å². The standard InChI is InChI=1S/C21H27FN2O4/c1-24(2,3)13-12-21(26)23-17-6-10-20(11-7-17)28-15-18(25)14-27-19-8-4-16(22)5-9-19/h4-11,18,25H,12-15H2,1-3H3/p+1. The van der Waals surface area contributed by atoms with E-state index in [2.05, 4.69) is 4.99 Å². The largest absolute Gasteiger partial charge is 0.862 e. The Morgan fingerprint density at radius 2 is 1.50 bits per heavy atom. The molecule has 1 atom stereocenters. The van der Waals surface area contributed by atoms with Gasteiger partial charge in [0.15, 0.2) is 13.2 Å². The van der Waals surface area contributed by atoms with Gasteiger partial charge in [-0.15, -0.1) is 0 Å². The van der Waals surface area contributed by atoms with Crippen molar-refractivity contribution in [1.82, 2.24) is 0 Å². The van der Waals surface area contributed by atoms with Crippen LogP contribution in [-0.4, -0.2) is 62.5 Å². The molecule has 152 valence electrons. The third kappa shape index (κ3) is 8.37. The Balaban J connectivity index is 1.76. The normalized spacial score (nSPS) is 13.2. The number of quaternary nitrogens is 1. The van der Waals surface area contributed by atoms with Crippen LogP contribution in [-0.2, 0) is 0 Å². The van der Waals surface area contributed by atoms with E-state index in [1.165, 1.54) is 24.3 Å². The summed E-state index contributed by atoms with van der Waals surface area (Å²) < 4.78 is 24.6. The van der Waals surface area contributed by atoms with E-state index in [0.717, 1.165) is 6.54 Å². The van der Waals surface area contributed by atoms with E-state index in [4.69, 9.17) is 14.6 Å². The Kier molecular flexibility index (Phi) is 7.78. The fourth-order valence-electron chi connectivity index (χ4n) is 2.22. The molecule has 0 fully saturated rings. The molecule has 0 aromatic heterocycles. The van der Waals surface area contributed by atoms with E-state index in [0.29, 0.717) is 28.1 Å². The summed E-state index contributed by atoms with van der Waals surface area (Å²) in [6.45, 7) is 1.02. The number of rotatable bonds is 10. The summed E-state index contributed by atoms with van der Waals surface area (Å²) in [4.78, 5) is 4.08. The number of halogens is 1. The second-order valence-corrected chi connectivity index (χ2v) is 7.54. The highest BCUT2D eigenvalue weighted by atomic mass is 19.1. The smallest absolute Gasteiger partial charge is 0.222 e. The zero-order valence-corrected chi connectivity index (χ0v) is 16.5. The van der Waals surface area contributed by atoms with Gasteiger partial charge < -0.3 is 24.2 Å². The summed E-state index contributed by atoms with van der Waals surface area (Å²) in [5, 5.41) is 19.9. The molecule has 0 bridgehead atoms. The summed E-state index contributed by atoms with van der Waals surface area (Å²) >= 11 is 0. The van der Waals surface area contributed by atoms with Gasteiger partial charge in [0.2, 0.25) is 6.10 Å². The molecular formula is C21H28FN2O4+. The Bertz CT molecular complexity index is 755. The van der Waals surface area contributed by atoms with Crippen molar-refractivity contribution in [2.75, 3.05) is 40.9 Å². The van der Waals surface area contributed by atoms with E-state index < -0.39 is 6.10 Å². The first-order valence-electron chi connectivity index (χ1n) is 9.09. The Hall–Kier alpha value is -2.64. The minimum absolute atomic E-state index is 0.139. The summed E-state index contributed by atoms with van der Waals surface area (Å²) in [6, 6.07) is 12.5. The van der Waals surface area contributed by atoms with Gasteiger partial charge in [0, 0.05) is 6.42 Å². The van der Waals surface area contributed by atoms with Gasteiger partial charge in [-0.25, -0.2) is 4.39 Å². The molecule has 1 unspecified atom stereocenters. The number of nitrogens with zero attached hydrogens (tertiary/aromatic N) is 2. The van der Waals surface area contributed by atoms with Crippen LogP contribution in [0.3, 0.4) is 0 Å². The molecule has 0 spiro atoms. The Morgan fingerprint density at radius 1 is 1.00 bits per heavy atom. The van der Waals surface area contributed by atoms with E-state index in [-0.39, 0.29) is 24.9 Å². The fourth-order valence-corrected chi connectivity index (χ4v) is 2.22. The lowest BCUT2D eigenvalue weighted by Gasteiger charge is -2.25. The van der Waals surface area contributed by atoms with Crippen LogP contribution < -0.4 is 14.6 Å². The van der Waals surface area contributed by atoms with E-state index in [1.807, 2.05) is 21.1 Å². The van der Waals surface area contributed by atoms with Crippen molar-refractivity contribution in [2.45, 2.75) is 12.5 Å². The first kappa shape index (κ1) is 21.7. The molecule has 2 aromatic carbocycles. The third-order valence-corrected chi connectivity index (χ3v) is 3.80. The molecule has 0 aliphatic heterocycles. The lowest BCUT2D eigenvalue weighted by molar-refractivity contribution is -0.869. The van der Waals surface area contributed by atoms with Crippen molar-refractivity contribution in [3.63, 3.8) is 0 Å². The summed E-state index contributed by atoms with van der Waals surface area (Å²) in [5.74, 6) is 0.630. The molecule has 0 heterocycles. The average Bonchev–Trinajstić information content (AvgIpc) is 2.65. The maximum absolute atomic E-state index is 12.8. The molecular weight excluding hydrogens is 363 g/mol. The number of hydrogen-bond donors (Lipinski definition) is 0. The van der Waals surface area contributed by atoms with Crippen molar-refractivity contribution in [1.29, 1.82) is 0 Å². The molecule has 0 saturated carbocycles. The van der Waals surface area contributed by atoms with Crippen LogP contribution in [0, 0.1) is 5.82 Å². The highest BCUT2D eigenvalue weighted by molar-refractivity contribution is 5.75. The topological polar surface area (TPSA) is 76.8 Å². The van der Waals surface area contributed by atoms with Gasteiger partial charge in [-0.2, -0.15) is 0 Å². The highest BCUT2D eigenvalue weighted by Crippen LogP contribution is 2.19. The molecule has 2 aromatic rings. The Labute approximate surface area is 165 Å². The molecule has 0 radical (unpaired) electrons. The van der Waals surface area contributed by atoms with Crippen LogP contribution in [0.5, 0.6) is 11.5 Å². The molecule has 7 heteroatoms. The summed E-state index contributed by atoms with van der Waals surface area (Å²) in [5.41, 5.74) is 0.584. The average molecular weight is 391 g/mol. The maximum Gasteiger partial charge on any atom is 0.222 e. The molecule has 2 rings (SSSR count). The molecule has 0 aliphatic rings. The van der Waals surface area contributed by atoms with Crippen molar-refractivity contribution < 1.29 is 28.6 Å². The van der Waals surface area contributed by atoms with Crippen LogP contribution in [0.2, 0.25) is 0 Å². The number of ether oxygens (including phenoxy) is 2. The van der Waals surface area contributed by atoms with Crippen molar-refractivity contribution in [3.8, 4) is 11.5 Å². The molecule has 28 heavy (non-hydrogen) atoms. The molecule has 2 N–H and O–H groups in total. The highest BCUT2D eigenvalue weighted by Gasteiger charge is 2.11. The minimum Gasteiger partial charge on any atom is -0.862 e. The van der Waals surface area contributed by atoms with Crippen molar-refractivity contribution >= 4 is 11.6 Å². The monoisotopic (exact) mass is 391 g/mol. The van der Waals surface area contributed by atoms with E-state index >= 15 is 0 Å². The summed E-state index contributed by atoms with van der Waals surface area (Å²) in [7, 11) is 6.09. The van der Waals surface area contributed by atoms with E-state index in [1.54, 1.807) is 24.3 Å². The second-order valence-electron chi connectivity index (χ2n) is 7.54. The van der Waals surface area contributed by atoms with Gasteiger partial charge >= 0.3 is 0 Å². The van der Waals surface area contributed by atoms with Crippen molar-refractivity contribution in [3.05, 3.63) is 54.3 Å². The zero-order valence-electron chi connectivity index (χ0n) is 16.5. The van der Waals surface area contributed by atoms with Crippen LogP contribution in [0.15, 0.2) is 53.5 Å². The lowest BCUT2D eigenvalue weighted by atomic mass is 10.3. The van der Waals surface area contributed by atoms with Gasteiger partial charge in [-0.05, 0) is 54.4 Å². The van der Waals surface area contributed by atoms with E-state index in [9.17, 15) is 9.50 Å². The van der Waals surface area contributed by atoms with Gasteiger partial charge in [-0.3, -0.25) is 4.99 Å². The van der Waals surface area contributed by atoms with Crippen LogP contribution >= 0.6 is 0 Å². The van der Waals surface area contributed by atoms with Crippen LogP contribution in [0.1, 0.15) is 6.42 Å². The lowest BCUT2D eigenvalue weighted by Crippen LogP contribution is -2.38. The second kappa shape index (κ2) is 10.1. The quantitative estimate of drug-likeness (QED) is 0.268. The predicted molar refractivity (Wildman–Crippen MR) is 106 cm³/mol. The van der Waals surface area contributed by atoms with Gasteiger partial charge in [-0.1, -0.05) is 0 Å². The Morgan fingerprint density at radius 3 is 2.00 bits per heavy atom. The number of hydrogen-bond acceptors (Lipinski definition) is 4. The summed E-state index contributed by atoms with van der Waals surface area (Å²) in [6.07, 6.45) is -0.192. The maximum atomic E-state index is 12.8. The van der Waals surface area contributed by atoms with Crippen LogP contribution in [0.4, 0.5) is 10.1 Å². The number of aliphatic imine (C=N–C) groups is 1. The first-order valence-corrected chi connectivity index (χ1v) is 9.09. The van der Waals surface area contributed by atoms with Crippen LogP contribution in [0.25, 0.3) is 0 Å². The molecule has 0 saturated heterocycles. The molecule has 0 amide bonds. The fraction of sp³-hybridized carbons (Fsp3) is 0.381. The molecule has 0 aliphatic carbocycles. The first-order chi connectivity index (χ1) is 13.2. The minimum atomic E-state index is -0.591. The van der Waals surface area contributed by atoms with Gasteiger partial charge in [0.25, 0.3) is 0 Å². The predicted octanol–water partition coefficient (Wildman–Crippen LogP) is 1.86.